The molecule has 162 valence electrons. The Hall–Kier alpha value is -3.05. The lowest BCUT2D eigenvalue weighted by Gasteiger charge is -2.26. The number of aryl methyl sites for hydroxylation is 2. The summed E-state index contributed by atoms with van der Waals surface area (Å²) in [5, 5.41) is 0.711. The van der Waals surface area contributed by atoms with Gasteiger partial charge in [-0.25, -0.2) is 4.98 Å². The molecule has 0 N–H and O–H groups in total. The van der Waals surface area contributed by atoms with Gasteiger partial charge in [-0.15, -0.1) is 0 Å². The van der Waals surface area contributed by atoms with E-state index in [4.69, 9.17) is 16.3 Å². The molecular formula is C25H28ClN3O2. The van der Waals surface area contributed by atoms with Crippen molar-refractivity contribution >= 4 is 29.0 Å². The maximum atomic E-state index is 13.4. The molecule has 0 fully saturated rings. The number of pyridine rings is 1. The molecule has 0 aliphatic heterocycles. The van der Waals surface area contributed by atoms with Crippen molar-refractivity contribution in [1.82, 2.24) is 4.98 Å². The van der Waals surface area contributed by atoms with Gasteiger partial charge in [0.25, 0.3) is 5.91 Å². The highest BCUT2D eigenvalue weighted by molar-refractivity contribution is 6.32. The first-order valence-electron chi connectivity index (χ1n) is 10.2. The number of ether oxygens (including phenoxy) is 1. The molecule has 3 aromatic rings. The summed E-state index contributed by atoms with van der Waals surface area (Å²) < 4.78 is 6.00. The molecule has 1 heterocycles. The molecule has 0 spiro atoms. The van der Waals surface area contributed by atoms with Crippen molar-refractivity contribution in [3.05, 3.63) is 82.5 Å². The molecule has 1 aromatic heterocycles. The molecule has 2 aromatic carbocycles. The fourth-order valence-electron chi connectivity index (χ4n) is 3.32. The van der Waals surface area contributed by atoms with Gasteiger partial charge in [-0.2, -0.15) is 0 Å². The van der Waals surface area contributed by atoms with E-state index in [1.165, 1.54) is 0 Å². The summed E-state index contributed by atoms with van der Waals surface area (Å²) in [6.07, 6.45) is 0.991. The molecule has 5 nitrogen and oxygen atoms in total. The second kappa shape index (κ2) is 9.84. The number of nitrogens with zero attached hydrogens (tertiary/aromatic N) is 3. The van der Waals surface area contributed by atoms with Crippen LogP contribution in [0.3, 0.4) is 0 Å². The van der Waals surface area contributed by atoms with E-state index in [1.54, 1.807) is 18.0 Å². The smallest absolute Gasteiger partial charge is 0.269 e. The Morgan fingerprint density at radius 2 is 1.71 bits per heavy atom. The van der Waals surface area contributed by atoms with Crippen molar-refractivity contribution in [2.45, 2.75) is 33.4 Å². The second-order valence-electron chi connectivity index (χ2n) is 7.80. The largest absolute Gasteiger partial charge is 0.481 e. The van der Waals surface area contributed by atoms with Gasteiger partial charge >= 0.3 is 0 Å². The summed E-state index contributed by atoms with van der Waals surface area (Å²) in [7, 11) is 4.00. The first-order valence-corrected chi connectivity index (χ1v) is 10.6. The maximum absolute atomic E-state index is 13.4. The fourth-order valence-corrected chi connectivity index (χ4v) is 3.42. The predicted octanol–water partition coefficient (Wildman–Crippen LogP) is 5.42. The van der Waals surface area contributed by atoms with Gasteiger partial charge in [0.2, 0.25) is 0 Å². The highest BCUT2D eigenvalue weighted by Crippen LogP contribution is 2.27. The lowest BCUT2D eigenvalue weighted by molar-refractivity contribution is -0.124. The van der Waals surface area contributed by atoms with Gasteiger partial charge in [0.15, 0.2) is 6.10 Å². The van der Waals surface area contributed by atoms with Gasteiger partial charge in [-0.3, -0.25) is 9.69 Å². The van der Waals surface area contributed by atoms with Crippen LogP contribution in [0.5, 0.6) is 5.75 Å². The molecule has 3 rings (SSSR count). The summed E-state index contributed by atoms with van der Waals surface area (Å²) in [5.41, 5.74) is 3.94. The van der Waals surface area contributed by atoms with E-state index in [1.807, 2.05) is 87.4 Å². The molecule has 0 saturated carbocycles. The molecule has 1 amide bonds. The van der Waals surface area contributed by atoms with Crippen LogP contribution in [0.25, 0.3) is 0 Å². The topological polar surface area (TPSA) is 45.7 Å². The van der Waals surface area contributed by atoms with Crippen LogP contribution in [0.1, 0.15) is 23.6 Å². The molecule has 1 atom stereocenters. The molecule has 0 radical (unpaired) electrons. The quantitative estimate of drug-likeness (QED) is 0.495. The number of rotatable bonds is 7. The summed E-state index contributed by atoms with van der Waals surface area (Å²) in [5.74, 6) is 1.04. The molecular weight excluding hydrogens is 410 g/mol. The van der Waals surface area contributed by atoms with Crippen molar-refractivity contribution in [3.63, 3.8) is 0 Å². The third-order valence-corrected chi connectivity index (χ3v) is 5.65. The first kappa shape index (κ1) is 22.6. The molecule has 0 unspecified atom stereocenters. The van der Waals surface area contributed by atoms with E-state index >= 15 is 0 Å². The van der Waals surface area contributed by atoms with Crippen molar-refractivity contribution in [1.29, 1.82) is 0 Å². The van der Waals surface area contributed by atoms with Gasteiger partial charge < -0.3 is 9.64 Å². The molecule has 0 saturated heterocycles. The van der Waals surface area contributed by atoms with Crippen molar-refractivity contribution in [3.8, 4) is 5.75 Å². The number of hydrogen-bond acceptors (Lipinski definition) is 4. The lowest BCUT2D eigenvalue weighted by Crippen LogP contribution is -2.40. The van der Waals surface area contributed by atoms with E-state index in [0.29, 0.717) is 23.1 Å². The molecule has 6 heteroatoms. The van der Waals surface area contributed by atoms with E-state index in [9.17, 15) is 4.79 Å². The SMILES string of the molecule is Cc1cc(O[C@@H](C)C(=O)N(Cc2ccc(N(C)C)cc2)c2ccccn2)cc(C)c1Cl. The highest BCUT2D eigenvalue weighted by atomic mass is 35.5. The Labute approximate surface area is 189 Å². The van der Waals surface area contributed by atoms with Crippen LogP contribution < -0.4 is 14.5 Å². The predicted molar refractivity (Wildman–Crippen MR) is 127 cm³/mol. The van der Waals surface area contributed by atoms with Gasteiger partial charge in [0, 0.05) is 31.0 Å². The minimum absolute atomic E-state index is 0.166. The van der Waals surface area contributed by atoms with Crippen LogP contribution in [-0.4, -0.2) is 31.1 Å². The normalized spacial score (nSPS) is 11.7. The zero-order valence-electron chi connectivity index (χ0n) is 18.6. The Morgan fingerprint density at radius 3 is 2.26 bits per heavy atom. The number of amides is 1. The average molecular weight is 438 g/mol. The third-order valence-electron chi connectivity index (χ3n) is 5.06. The zero-order valence-corrected chi connectivity index (χ0v) is 19.3. The van der Waals surface area contributed by atoms with E-state index < -0.39 is 6.10 Å². The second-order valence-corrected chi connectivity index (χ2v) is 8.18. The number of carbonyl (C=O) groups is 1. The molecule has 0 aliphatic carbocycles. The maximum Gasteiger partial charge on any atom is 0.269 e. The summed E-state index contributed by atoms with van der Waals surface area (Å²) >= 11 is 6.26. The monoisotopic (exact) mass is 437 g/mol. The van der Waals surface area contributed by atoms with Gasteiger partial charge in [0.05, 0.1) is 6.54 Å². The summed E-state index contributed by atoms with van der Waals surface area (Å²) in [6.45, 7) is 6.00. The molecule has 0 bridgehead atoms. The Bertz CT molecular complexity index is 1010. The average Bonchev–Trinajstić information content (AvgIpc) is 2.76. The van der Waals surface area contributed by atoms with Gasteiger partial charge in [-0.1, -0.05) is 29.8 Å². The standard InChI is InChI=1S/C25H28ClN3O2/c1-17-14-22(15-18(2)24(17)26)31-19(3)25(30)29(23-8-6-7-13-27-23)16-20-9-11-21(12-10-20)28(4)5/h6-15,19H,16H2,1-5H3/t19-/m0/s1. The highest BCUT2D eigenvalue weighted by Gasteiger charge is 2.25. The van der Waals surface area contributed by atoms with Crippen LogP contribution in [-0.2, 0) is 11.3 Å². The Morgan fingerprint density at radius 1 is 1.06 bits per heavy atom. The van der Waals surface area contributed by atoms with Crippen LogP contribution in [0.4, 0.5) is 11.5 Å². The Kier molecular flexibility index (Phi) is 7.18. The van der Waals surface area contributed by atoms with Gasteiger partial charge in [0.1, 0.15) is 11.6 Å². The summed E-state index contributed by atoms with van der Waals surface area (Å²) in [6, 6.07) is 17.4. The van der Waals surface area contributed by atoms with Crippen molar-refractivity contribution < 1.29 is 9.53 Å². The number of carbonyl (C=O) groups excluding carboxylic acids is 1. The number of hydrogen-bond donors (Lipinski definition) is 0. The number of benzene rings is 2. The van der Waals surface area contributed by atoms with E-state index in [2.05, 4.69) is 4.98 Å². The Balaban J connectivity index is 1.84. The van der Waals surface area contributed by atoms with Crippen LogP contribution in [0, 0.1) is 13.8 Å². The first-order chi connectivity index (χ1) is 14.8. The fraction of sp³-hybridized carbons (Fsp3) is 0.280. The number of halogens is 1. The summed E-state index contributed by atoms with van der Waals surface area (Å²) in [4.78, 5) is 21.5. The molecule has 0 aliphatic rings. The van der Waals surface area contributed by atoms with E-state index in [0.717, 1.165) is 22.4 Å². The minimum Gasteiger partial charge on any atom is -0.481 e. The van der Waals surface area contributed by atoms with Crippen molar-refractivity contribution in [2.75, 3.05) is 23.9 Å². The van der Waals surface area contributed by atoms with Crippen molar-refractivity contribution in [2.24, 2.45) is 0 Å². The van der Waals surface area contributed by atoms with E-state index in [-0.39, 0.29) is 5.91 Å². The lowest BCUT2D eigenvalue weighted by atomic mass is 10.1. The molecule has 31 heavy (non-hydrogen) atoms. The van der Waals surface area contributed by atoms with Crippen LogP contribution in [0.2, 0.25) is 5.02 Å². The number of aromatic nitrogens is 1. The zero-order chi connectivity index (χ0) is 22.5. The van der Waals surface area contributed by atoms with Gasteiger partial charge in [-0.05, 0) is 73.9 Å². The third kappa shape index (κ3) is 5.56. The minimum atomic E-state index is -0.692. The van der Waals surface area contributed by atoms with Crippen LogP contribution in [0.15, 0.2) is 60.8 Å². The number of anilines is 2. The van der Waals surface area contributed by atoms with Crippen LogP contribution >= 0.6 is 11.6 Å².